The molecule has 0 amide bonds. The van der Waals surface area contributed by atoms with Crippen LogP contribution in [0.15, 0.2) is 49.6 Å². The molecule has 0 radical (unpaired) electrons. The van der Waals surface area contributed by atoms with Crippen LogP contribution in [-0.2, 0) is 0 Å². The summed E-state index contributed by atoms with van der Waals surface area (Å²) < 4.78 is 1.73. The number of rotatable bonds is 8. The molecule has 0 saturated heterocycles. The van der Waals surface area contributed by atoms with E-state index in [1.54, 1.807) is 11.0 Å². The Morgan fingerprint density at radius 1 is 1.36 bits per heavy atom. The van der Waals surface area contributed by atoms with Crippen molar-refractivity contribution < 1.29 is 5.11 Å². The molecule has 118 valence electrons. The lowest BCUT2D eigenvalue weighted by Crippen LogP contribution is -2.31. The molecule has 2 unspecified atom stereocenters. The monoisotopic (exact) mass is 300 g/mol. The van der Waals surface area contributed by atoms with Crippen LogP contribution in [0.2, 0.25) is 0 Å². The average Bonchev–Trinajstić information content (AvgIpc) is 3.06. The number of aliphatic hydroxyl groups excluding tert-OH is 1. The third kappa shape index (κ3) is 4.26. The molecule has 0 fully saturated rings. The highest BCUT2D eigenvalue weighted by molar-refractivity contribution is 5.34. The molecular weight excluding hydrogens is 276 g/mol. The van der Waals surface area contributed by atoms with E-state index in [-0.39, 0.29) is 12.1 Å². The van der Waals surface area contributed by atoms with Gasteiger partial charge in [0, 0.05) is 12.6 Å². The topological polar surface area (TPSA) is 54.2 Å². The van der Waals surface area contributed by atoms with Gasteiger partial charge in [-0.25, -0.2) is 9.67 Å². The van der Waals surface area contributed by atoms with Crippen LogP contribution in [0.25, 0.3) is 5.69 Å². The van der Waals surface area contributed by atoms with Gasteiger partial charge in [-0.3, -0.25) is 4.90 Å². The van der Waals surface area contributed by atoms with Gasteiger partial charge < -0.3 is 5.11 Å². The molecule has 0 aliphatic rings. The van der Waals surface area contributed by atoms with Gasteiger partial charge in [0.05, 0.1) is 11.8 Å². The summed E-state index contributed by atoms with van der Waals surface area (Å²) in [7, 11) is 2.03. The minimum absolute atomic E-state index is 0.239. The quantitative estimate of drug-likeness (QED) is 0.761. The zero-order valence-electron chi connectivity index (χ0n) is 13.3. The van der Waals surface area contributed by atoms with E-state index in [2.05, 4.69) is 40.6 Å². The number of aliphatic hydroxyl groups is 1. The lowest BCUT2D eigenvalue weighted by molar-refractivity contribution is 0.102. The number of nitrogens with zero attached hydrogens (tertiary/aromatic N) is 4. The molecule has 5 nitrogen and oxygen atoms in total. The molecule has 22 heavy (non-hydrogen) atoms. The van der Waals surface area contributed by atoms with Gasteiger partial charge in [0.15, 0.2) is 0 Å². The second-order valence-electron chi connectivity index (χ2n) is 5.57. The molecule has 1 aromatic heterocycles. The van der Waals surface area contributed by atoms with E-state index in [0.29, 0.717) is 6.54 Å². The molecular formula is C17H24N4O. The zero-order valence-corrected chi connectivity index (χ0v) is 13.3. The molecule has 1 heterocycles. The molecule has 0 aliphatic heterocycles. The number of aromatic nitrogens is 3. The summed E-state index contributed by atoms with van der Waals surface area (Å²) >= 11 is 0. The van der Waals surface area contributed by atoms with Crippen molar-refractivity contribution in [3.05, 3.63) is 55.1 Å². The van der Waals surface area contributed by atoms with E-state index in [1.165, 1.54) is 11.9 Å². The lowest BCUT2D eigenvalue weighted by atomic mass is 10.1. The highest BCUT2D eigenvalue weighted by atomic mass is 16.3. The molecule has 1 N–H and O–H groups in total. The third-order valence-corrected chi connectivity index (χ3v) is 3.92. The van der Waals surface area contributed by atoms with Crippen molar-refractivity contribution in [3.63, 3.8) is 0 Å². The van der Waals surface area contributed by atoms with Crippen LogP contribution < -0.4 is 0 Å². The van der Waals surface area contributed by atoms with Crippen molar-refractivity contribution in [2.45, 2.75) is 31.9 Å². The van der Waals surface area contributed by atoms with Gasteiger partial charge in [0.25, 0.3) is 0 Å². The number of likely N-dealkylation sites (N-methyl/N-ethyl adjacent to an activating group) is 1. The van der Waals surface area contributed by atoms with E-state index in [1.807, 2.05) is 25.3 Å². The van der Waals surface area contributed by atoms with Gasteiger partial charge >= 0.3 is 0 Å². The van der Waals surface area contributed by atoms with E-state index in [4.69, 9.17) is 0 Å². The van der Waals surface area contributed by atoms with Crippen molar-refractivity contribution >= 4 is 0 Å². The van der Waals surface area contributed by atoms with Gasteiger partial charge in [-0.2, -0.15) is 5.10 Å². The fourth-order valence-corrected chi connectivity index (χ4v) is 2.39. The fourth-order valence-electron chi connectivity index (χ4n) is 2.39. The Hall–Kier alpha value is -1.98. The number of hydrogen-bond donors (Lipinski definition) is 1. The van der Waals surface area contributed by atoms with Crippen LogP contribution in [0.1, 0.15) is 31.4 Å². The number of allylic oxidation sites excluding steroid dienone is 1. The molecule has 2 aromatic rings. The number of benzene rings is 1. The maximum Gasteiger partial charge on any atom is 0.138 e. The summed E-state index contributed by atoms with van der Waals surface area (Å²) in [5.74, 6) is 0. The Bertz CT molecular complexity index is 565. The van der Waals surface area contributed by atoms with Crippen molar-refractivity contribution in [1.29, 1.82) is 0 Å². The first-order valence-corrected chi connectivity index (χ1v) is 7.56. The van der Waals surface area contributed by atoms with Crippen LogP contribution in [0.5, 0.6) is 0 Å². The maximum atomic E-state index is 10.0. The average molecular weight is 300 g/mol. The first-order chi connectivity index (χ1) is 10.6. The Kier molecular flexibility index (Phi) is 5.86. The molecule has 5 heteroatoms. The van der Waals surface area contributed by atoms with Gasteiger partial charge in [0.1, 0.15) is 12.7 Å². The van der Waals surface area contributed by atoms with Gasteiger partial charge in [-0.1, -0.05) is 18.2 Å². The SMILES string of the molecule is C=CCCC(O)CN(C)C(C)c1ccc(-n2cncn2)cc1. The molecule has 0 aliphatic carbocycles. The van der Waals surface area contributed by atoms with E-state index < -0.39 is 0 Å². The second-order valence-corrected chi connectivity index (χ2v) is 5.57. The Labute approximate surface area is 131 Å². The van der Waals surface area contributed by atoms with Crippen LogP contribution in [0, 0.1) is 0 Å². The molecule has 0 bridgehead atoms. The maximum absolute atomic E-state index is 10.0. The predicted octanol–water partition coefficient (Wildman–Crippen LogP) is 2.59. The van der Waals surface area contributed by atoms with E-state index >= 15 is 0 Å². The highest BCUT2D eigenvalue weighted by Gasteiger charge is 2.15. The largest absolute Gasteiger partial charge is 0.392 e. The van der Waals surface area contributed by atoms with Gasteiger partial charge in [-0.05, 0) is 44.5 Å². The number of hydrogen-bond acceptors (Lipinski definition) is 4. The van der Waals surface area contributed by atoms with Crippen LogP contribution >= 0.6 is 0 Å². The van der Waals surface area contributed by atoms with Crippen molar-refractivity contribution in [2.75, 3.05) is 13.6 Å². The smallest absolute Gasteiger partial charge is 0.138 e. The minimum Gasteiger partial charge on any atom is -0.392 e. The van der Waals surface area contributed by atoms with Gasteiger partial charge in [-0.15, -0.1) is 6.58 Å². The standard InChI is InChI=1S/C17H24N4O/c1-4-5-6-17(22)11-20(3)14(2)15-7-9-16(10-8-15)21-13-18-12-19-21/h4,7-10,12-14,17,22H,1,5-6,11H2,2-3H3. The van der Waals surface area contributed by atoms with Crippen molar-refractivity contribution in [3.8, 4) is 5.69 Å². The van der Waals surface area contributed by atoms with E-state index in [0.717, 1.165) is 18.5 Å². The van der Waals surface area contributed by atoms with Crippen molar-refractivity contribution in [1.82, 2.24) is 19.7 Å². The minimum atomic E-state index is -0.320. The van der Waals surface area contributed by atoms with Crippen LogP contribution in [0.4, 0.5) is 0 Å². The van der Waals surface area contributed by atoms with Crippen LogP contribution in [0.3, 0.4) is 0 Å². The van der Waals surface area contributed by atoms with Crippen LogP contribution in [-0.4, -0.2) is 44.5 Å². The molecule has 1 aromatic carbocycles. The van der Waals surface area contributed by atoms with E-state index in [9.17, 15) is 5.11 Å². The normalized spacial score (nSPS) is 14.0. The summed E-state index contributed by atoms with van der Waals surface area (Å²) in [6.45, 7) is 6.48. The first kappa shape index (κ1) is 16.4. The highest BCUT2D eigenvalue weighted by Crippen LogP contribution is 2.20. The van der Waals surface area contributed by atoms with Crippen molar-refractivity contribution in [2.24, 2.45) is 0 Å². The fraction of sp³-hybridized carbons (Fsp3) is 0.412. The Balaban J connectivity index is 1.96. The van der Waals surface area contributed by atoms with Gasteiger partial charge in [0.2, 0.25) is 0 Å². The second kappa shape index (κ2) is 7.87. The Morgan fingerprint density at radius 2 is 2.09 bits per heavy atom. The summed E-state index contributed by atoms with van der Waals surface area (Å²) in [6.07, 6.45) is 6.33. The summed E-state index contributed by atoms with van der Waals surface area (Å²) in [6, 6.07) is 8.48. The summed E-state index contributed by atoms with van der Waals surface area (Å²) in [4.78, 5) is 6.12. The summed E-state index contributed by atoms with van der Waals surface area (Å²) in [5, 5.41) is 14.1. The lowest BCUT2D eigenvalue weighted by Gasteiger charge is -2.27. The summed E-state index contributed by atoms with van der Waals surface area (Å²) in [5.41, 5.74) is 2.20. The molecule has 0 saturated carbocycles. The first-order valence-electron chi connectivity index (χ1n) is 7.56. The predicted molar refractivity (Wildman–Crippen MR) is 87.8 cm³/mol. The molecule has 0 spiro atoms. The Morgan fingerprint density at radius 3 is 2.68 bits per heavy atom. The molecule has 2 rings (SSSR count). The third-order valence-electron chi connectivity index (χ3n) is 3.92. The zero-order chi connectivity index (χ0) is 15.9. The molecule has 2 atom stereocenters.